The van der Waals surface area contributed by atoms with E-state index >= 15 is 0 Å². The van der Waals surface area contributed by atoms with Gasteiger partial charge in [0.25, 0.3) is 0 Å². The molecular formula is C17H27NO2. The Bertz CT molecular complexity index is 382. The number of methoxy groups -OCH3 is 1. The zero-order valence-electron chi connectivity index (χ0n) is 12.7. The third-order valence-corrected chi connectivity index (χ3v) is 4.61. The maximum atomic E-state index is 9.19. The summed E-state index contributed by atoms with van der Waals surface area (Å²) in [5.74, 6) is 1.46. The SMILES string of the molecule is COc1ccc(CCN(C)C2CCC(CO)CC2)cc1. The summed E-state index contributed by atoms with van der Waals surface area (Å²) in [6.45, 7) is 1.46. The fourth-order valence-electron chi connectivity index (χ4n) is 3.05. The summed E-state index contributed by atoms with van der Waals surface area (Å²) in [4.78, 5) is 2.48. The van der Waals surface area contributed by atoms with Gasteiger partial charge in [-0.1, -0.05) is 12.1 Å². The number of likely N-dealkylation sites (N-methyl/N-ethyl adjacent to an activating group) is 1. The lowest BCUT2D eigenvalue weighted by molar-refractivity contribution is 0.128. The molecule has 0 aliphatic heterocycles. The second kappa shape index (κ2) is 7.65. The van der Waals surface area contributed by atoms with Crippen LogP contribution in [0.4, 0.5) is 0 Å². The average molecular weight is 277 g/mol. The Hall–Kier alpha value is -1.06. The summed E-state index contributed by atoms with van der Waals surface area (Å²) in [5, 5.41) is 9.19. The molecule has 1 aromatic carbocycles. The van der Waals surface area contributed by atoms with Crippen LogP contribution in [0, 0.1) is 5.92 Å². The van der Waals surface area contributed by atoms with Crippen molar-refractivity contribution >= 4 is 0 Å². The first kappa shape index (κ1) is 15.3. The van der Waals surface area contributed by atoms with E-state index in [1.807, 2.05) is 12.1 Å². The van der Waals surface area contributed by atoms with Crippen LogP contribution in [0.15, 0.2) is 24.3 Å². The topological polar surface area (TPSA) is 32.7 Å². The van der Waals surface area contributed by atoms with Gasteiger partial charge >= 0.3 is 0 Å². The fraction of sp³-hybridized carbons (Fsp3) is 0.647. The molecule has 3 nitrogen and oxygen atoms in total. The van der Waals surface area contributed by atoms with Crippen LogP contribution in [0.25, 0.3) is 0 Å². The van der Waals surface area contributed by atoms with Crippen molar-refractivity contribution in [2.24, 2.45) is 5.92 Å². The van der Waals surface area contributed by atoms with Gasteiger partial charge in [-0.05, 0) is 62.8 Å². The van der Waals surface area contributed by atoms with Crippen LogP contribution in [0.1, 0.15) is 31.2 Å². The van der Waals surface area contributed by atoms with E-state index in [9.17, 15) is 5.11 Å². The number of aliphatic hydroxyl groups is 1. The molecule has 0 atom stereocenters. The molecule has 20 heavy (non-hydrogen) atoms. The van der Waals surface area contributed by atoms with Crippen LogP contribution in [0.3, 0.4) is 0 Å². The Labute approximate surface area is 122 Å². The van der Waals surface area contributed by atoms with Crippen molar-refractivity contribution in [2.45, 2.75) is 38.1 Å². The summed E-state index contributed by atoms with van der Waals surface area (Å²) < 4.78 is 5.18. The Morgan fingerprint density at radius 2 is 1.80 bits per heavy atom. The van der Waals surface area contributed by atoms with Crippen LogP contribution in [0.2, 0.25) is 0 Å². The molecule has 0 unspecified atom stereocenters. The quantitative estimate of drug-likeness (QED) is 0.868. The molecule has 0 radical (unpaired) electrons. The maximum absolute atomic E-state index is 9.19. The van der Waals surface area contributed by atoms with E-state index in [0.717, 1.165) is 18.7 Å². The number of hydrogen-bond acceptors (Lipinski definition) is 3. The summed E-state index contributed by atoms with van der Waals surface area (Å²) in [6, 6.07) is 9.05. The van der Waals surface area contributed by atoms with Crippen molar-refractivity contribution in [1.82, 2.24) is 4.90 Å². The predicted octanol–water partition coefficient (Wildman–Crippen LogP) is 2.72. The molecule has 0 aromatic heterocycles. The molecule has 0 heterocycles. The van der Waals surface area contributed by atoms with Crippen molar-refractivity contribution in [3.63, 3.8) is 0 Å². The van der Waals surface area contributed by atoms with Gasteiger partial charge in [0.15, 0.2) is 0 Å². The minimum atomic E-state index is 0.363. The van der Waals surface area contributed by atoms with Crippen LogP contribution in [0.5, 0.6) is 5.75 Å². The van der Waals surface area contributed by atoms with Crippen LogP contribution >= 0.6 is 0 Å². The highest BCUT2D eigenvalue weighted by Crippen LogP contribution is 2.26. The number of rotatable bonds is 6. The first-order chi connectivity index (χ1) is 9.72. The summed E-state index contributed by atoms with van der Waals surface area (Å²) in [7, 11) is 3.93. The summed E-state index contributed by atoms with van der Waals surface area (Å²) in [6.07, 6.45) is 5.89. The minimum absolute atomic E-state index is 0.363. The predicted molar refractivity (Wildman–Crippen MR) is 82.2 cm³/mol. The number of benzene rings is 1. The van der Waals surface area contributed by atoms with Crippen molar-refractivity contribution in [3.8, 4) is 5.75 Å². The van der Waals surface area contributed by atoms with Crippen molar-refractivity contribution in [3.05, 3.63) is 29.8 Å². The van der Waals surface area contributed by atoms with Crippen molar-refractivity contribution in [2.75, 3.05) is 27.3 Å². The first-order valence-electron chi connectivity index (χ1n) is 7.67. The first-order valence-corrected chi connectivity index (χ1v) is 7.67. The summed E-state index contributed by atoms with van der Waals surface area (Å²) >= 11 is 0. The van der Waals surface area contributed by atoms with Gasteiger partial charge in [-0.2, -0.15) is 0 Å². The number of hydrogen-bond donors (Lipinski definition) is 1. The Morgan fingerprint density at radius 1 is 1.15 bits per heavy atom. The molecule has 1 aliphatic carbocycles. The highest BCUT2D eigenvalue weighted by Gasteiger charge is 2.23. The molecular weight excluding hydrogens is 250 g/mol. The van der Waals surface area contributed by atoms with Crippen LogP contribution in [-0.4, -0.2) is 43.4 Å². The van der Waals surface area contributed by atoms with E-state index < -0.39 is 0 Å². The van der Waals surface area contributed by atoms with Gasteiger partial charge < -0.3 is 14.7 Å². The maximum Gasteiger partial charge on any atom is 0.118 e. The number of aliphatic hydroxyl groups excluding tert-OH is 1. The standard InChI is InChI=1S/C17H27NO2/c1-18(16-7-3-15(13-19)4-8-16)12-11-14-5-9-17(20-2)10-6-14/h5-6,9-10,15-16,19H,3-4,7-8,11-13H2,1-2H3. The van der Waals surface area contributed by atoms with Crippen LogP contribution < -0.4 is 4.74 Å². The Kier molecular flexibility index (Phi) is 5.86. The van der Waals surface area contributed by atoms with Gasteiger partial charge in [-0.15, -0.1) is 0 Å². The van der Waals surface area contributed by atoms with Gasteiger partial charge in [-0.25, -0.2) is 0 Å². The van der Waals surface area contributed by atoms with E-state index in [2.05, 4.69) is 24.1 Å². The molecule has 1 N–H and O–H groups in total. The molecule has 0 amide bonds. The van der Waals surface area contributed by atoms with E-state index in [1.165, 1.54) is 31.2 Å². The molecule has 1 fully saturated rings. The molecule has 0 bridgehead atoms. The Morgan fingerprint density at radius 3 is 2.35 bits per heavy atom. The average Bonchev–Trinajstić information content (AvgIpc) is 2.53. The monoisotopic (exact) mass is 277 g/mol. The van der Waals surface area contributed by atoms with Gasteiger partial charge in [0.05, 0.1) is 7.11 Å². The van der Waals surface area contributed by atoms with Crippen molar-refractivity contribution in [1.29, 1.82) is 0 Å². The normalized spacial score (nSPS) is 23.0. The van der Waals surface area contributed by atoms with Gasteiger partial charge in [0.2, 0.25) is 0 Å². The smallest absolute Gasteiger partial charge is 0.118 e. The molecule has 112 valence electrons. The highest BCUT2D eigenvalue weighted by atomic mass is 16.5. The molecule has 2 rings (SSSR count). The minimum Gasteiger partial charge on any atom is -0.497 e. The lowest BCUT2D eigenvalue weighted by atomic mass is 9.86. The Balaban J connectivity index is 1.75. The third kappa shape index (κ3) is 4.22. The van der Waals surface area contributed by atoms with Gasteiger partial charge in [0, 0.05) is 19.2 Å². The fourth-order valence-corrected chi connectivity index (χ4v) is 3.05. The zero-order valence-corrected chi connectivity index (χ0v) is 12.7. The van der Waals surface area contributed by atoms with Gasteiger partial charge in [-0.3, -0.25) is 0 Å². The third-order valence-electron chi connectivity index (χ3n) is 4.61. The van der Waals surface area contributed by atoms with E-state index in [4.69, 9.17) is 4.74 Å². The molecule has 0 saturated heterocycles. The van der Waals surface area contributed by atoms with Crippen molar-refractivity contribution < 1.29 is 9.84 Å². The number of nitrogens with zero attached hydrogens (tertiary/aromatic N) is 1. The largest absolute Gasteiger partial charge is 0.497 e. The second-order valence-electron chi connectivity index (χ2n) is 5.94. The molecule has 1 aromatic rings. The molecule has 3 heteroatoms. The van der Waals surface area contributed by atoms with E-state index in [1.54, 1.807) is 7.11 Å². The highest BCUT2D eigenvalue weighted by molar-refractivity contribution is 5.27. The van der Waals surface area contributed by atoms with Gasteiger partial charge in [0.1, 0.15) is 5.75 Å². The zero-order chi connectivity index (χ0) is 14.4. The van der Waals surface area contributed by atoms with Crippen LogP contribution in [-0.2, 0) is 6.42 Å². The molecule has 1 saturated carbocycles. The molecule has 1 aliphatic rings. The lowest BCUT2D eigenvalue weighted by Gasteiger charge is -2.34. The van der Waals surface area contributed by atoms with E-state index in [0.29, 0.717) is 18.6 Å². The van der Waals surface area contributed by atoms with E-state index in [-0.39, 0.29) is 0 Å². The lowest BCUT2D eigenvalue weighted by Crippen LogP contribution is -2.36. The number of ether oxygens (including phenoxy) is 1. The summed E-state index contributed by atoms with van der Waals surface area (Å²) in [5.41, 5.74) is 1.36. The second-order valence-corrected chi connectivity index (χ2v) is 5.94. The molecule has 0 spiro atoms.